The minimum Gasteiger partial charge on any atom is -0.369 e. The lowest BCUT2D eigenvalue weighted by atomic mass is 10.2. The summed E-state index contributed by atoms with van der Waals surface area (Å²) in [6.45, 7) is 0. The standard InChI is InChI=1S/C11H11BrN2S/c1-14-9(4-5-13)7-15-11-6-8(12)2-3-10(11)14/h2-3,6,9H,4,7H2,1H3. The molecule has 0 amide bonds. The van der Waals surface area contributed by atoms with Crippen molar-refractivity contribution in [3.05, 3.63) is 22.7 Å². The first-order chi connectivity index (χ1) is 7.22. The van der Waals surface area contributed by atoms with Gasteiger partial charge in [0.2, 0.25) is 0 Å². The van der Waals surface area contributed by atoms with Crippen LogP contribution in [-0.2, 0) is 0 Å². The maximum Gasteiger partial charge on any atom is 0.0643 e. The second kappa shape index (κ2) is 4.46. The molecule has 0 N–H and O–H groups in total. The molecule has 1 unspecified atom stereocenters. The van der Waals surface area contributed by atoms with Crippen molar-refractivity contribution in [2.24, 2.45) is 0 Å². The van der Waals surface area contributed by atoms with E-state index in [1.165, 1.54) is 10.6 Å². The van der Waals surface area contributed by atoms with Crippen LogP contribution in [-0.4, -0.2) is 18.8 Å². The number of anilines is 1. The third-order valence-corrected chi connectivity index (χ3v) is 4.29. The van der Waals surface area contributed by atoms with E-state index < -0.39 is 0 Å². The van der Waals surface area contributed by atoms with Gasteiger partial charge in [-0.25, -0.2) is 0 Å². The minimum absolute atomic E-state index is 0.341. The lowest BCUT2D eigenvalue weighted by molar-refractivity contribution is 0.698. The molecule has 2 rings (SSSR count). The van der Waals surface area contributed by atoms with Crippen LogP contribution in [0.25, 0.3) is 0 Å². The van der Waals surface area contributed by atoms with Gasteiger partial charge in [-0.05, 0) is 18.2 Å². The molecule has 1 aliphatic rings. The first kappa shape index (κ1) is 10.8. The number of benzene rings is 1. The Balaban J connectivity index is 2.31. The second-order valence-electron chi connectivity index (χ2n) is 3.55. The van der Waals surface area contributed by atoms with Gasteiger partial charge in [-0.2, -0.15) is 5.26 Å². The molecular formula is C11H11BrN2S. The predicted octanol–water partition coefficient (Wildman–Crippen LogP) is 3.27. The summed E-state index contributed by atoms with van der Waals surface area (Å²) in [4.78, 5) is 3.50. The number of nitriles is 1. The zero-order chi connectivity index (χ0) is 10.8. The van der Waals surface area contributed by atoms with Crippen LogP contribution in [0.15, 0.2) is 27.6 Å². The zero-order valence-corrected chi connectivity index (χ0v) is 10.8. The Hall–Kier alpha value is -0.660. The first-order valence-electron chi connectivity index (χ1n) is 4.74. The van der Waals surface area contributed by atoms with Gasteiger partial charge in [-0.15, -0.1) is 11.8 Å². The summed E-state index contributed by atoms with van der Waals surface area (Å²) in [5.41, 5.74) is 1.23. The third kappa shape index (κ3) is 2.14. The molecule has 1 atom stereocenters. The van der Waals surface area contributed by atoms with E-state index in [0.29, 0.717) is 12.5 Å². The van der Waals surface area contributed by atoms with Crippen LogP contribution in [0.2, 0.25) is 0 Å². The summed E-state index contributed by atoms with van der Waals surface area (Å²) < 4.78 is 1.11. The largest absolute Gasteiger partial charge is 0.369 e. The lowest BCUT2D eigenvalue weighted by Crippen LogP contribution is -2.36. The van der Waals surface area contributed by atoms with Crippen LogP contribution in [0.1, 0.15) is 6.42 Å². The van der Waals surface area contributed by atoms with Crippen LogP contribution in [0.3, 0.4) is 0 Å². The Bertz CT molecular complexity index is 414. The molecular weight excluding hydrogens is 272 g/mol. The van der Waals surface area contributed by atoms with Gasteiger partial charge in [0.25, 0.3) is 0 Å². The van der Waals surface area contributed by atoms with Gasteiger partial charge in [-0.1, -0.05) is 15.9 Å². The first-order valence-corrected chi connectivity index (χ1v) is 6.52. The molecule has 15 heavy (non-hydrogen) atoms. The highest BCUT2D eigenvalue weighted by Gasteiger charge is 2.23. The van der Waals surface area contributed by atoms with E-state index in [1.54, 1.807) is 0 Å². The Morgan fingerprint density at radius 2 is 2.47 bits per heavy atom. The topological polar surface area (TPSA) is 27.0 Å². The number of hydrogen-bond donors (Lipinski definition) is 0. The number of hydrogen-bond acceptors (Lipinski definition) is 3. The number of rotatable bonds is 1. The Labute approximate surface area is 102 Å². The highest BCUT2D eigenvalue weighted by Crippen LogP contribution is 2.38. The molecule has 0 bridgehead atoms. The molecule has 4 heteroatoms. The average Bonchev–Trinajstić information content (AvgIpc) is 2.22. The molecule has 1 aliphatic heterocycles. The molecule has 0 spiro atoms. The number of fused-ring (bicyclic) bond motifs is 1. The monoisotopic (exact) mass is 282 g/mol. The van der Waals surface area contributed by atoms with E-state index in [4.69, 9.17) is 5.26 Å². The van der Waals surface area contributed by atoms with Crippen molar-refractivity contribution in [3.63, 3.8) is 0 Å². The van der Waals surface area contributed by atoms with Crippen molar-refractivity contribution in [3.8, 4) is 6.07 Å². The summed E-state index contributed by atoms with van der Waals surface area (Å²) in [7, 11) is 2.06. The van der Waals surface area contributed by atoms with E-state index in [1.807, 2.05) is 17.8 Å². The maximum absolute atomic E-state index is 8.73. The van der Waals surface area contributed by atoms with E-state index in [2.05, 4.69) is 46.1 Å². The fourth-order valence-corrected chi connectivity index (χ4v) is 3.49. The van der Waals surface area contributed by atoms with Crippen molar-refractivity contribution in [2.45, 2.75) is 17.4 Å². The molecule has 0 saturated heterocycles. The third-order valence-electron chi connectivity index (χ3n) is 2.61. The fourth-order valence-electron chi connectivity index (χ4n) is 1.69. The van der Waals surface area contributed by atoms with Crippen LogP contribution < -0.4 is 4.90 Å². The molecule has 2 nitrogen and oxygen atoms in total. The molecule has 0 aromatic heterocycles. The Morgan fingerprint density at radius 1 is 1.67 bits per heavy atom. The quantitative estimate of drug-likeness (QED) is 0.791. The van der Waals surface area contributed by atoms with Crippen LogP contribution in [0.4, 0.5) is 5.69 Å². The summed E-state index contributed by atoms with van der Waals surface area (Å²) in [5, 5.41) is 8.73. The van der Waals surface area contributed by atoms with E-state index >= 15 is 0 Å². The van der Waals surface area contributed by atoms with Gasteiger partial charge in [0.15, 0.2) is 0 Å². The Morgan fingerprint density at radius 3 is 3.20 bits per heavy atom. The van der Waals surface area contributed by atoms with Gasteiger partial charge in [0, 0.05) is 22.2 Å². The van der Waals surface area contributed by atoms with E-state index in [-0.39, 0.29) is 0 Å². The summed E-state index contributed by atoms with van der Waals surface area (Å²) >= 11 is 5.30. The number of nitrogens with zero attached hydrogens (tertiary/aromatic N) is 2. The van der Waals surface area contributed by atoms with Gasteiger partial charge in [0.05, 0.1) is 24.2 Å². The van der Waals surface area contributed by atoms with Crippen molar-refractivity contribution < 1.29 is 0 Å². The van der Waals surface area contributed by atoms with E-state index in [9.17, 15) is 0 Å². The smallest absolute Gasteiger partial charge is 0.0643 e. The van der Waals surface area contributed by atoms with Crippen LogP contribution >= 0.6 is 27.7 Å². The van der Waals surface area contributed by atoms with Crippen molar-refractivity contribution in [2.75, 3.05) is 17.7 Å². The van der Waals surface area contributed by atoms with E-state index in [0.717, 1.165) is 10.2 Å². The SMILES string of the molecule is CN1c2ccc(Br)cc2SCC1CC#N. The molecule has 1 aromatic carbocycles. The lowest BCUT2D eigenvalue weighted by Gasteiger charge is -2.34. The summed E-state index contributed by atoms with van der Waals surface area (Å²) in [5.74, 6) is 0.994. The maximum atomic E-state index is 8.73. The van der Waals surface area contributed by atoms with Crippen molar-refractivity contribution in [1.82, 2.24) is 0 Å². The minimum atomic E-state index is 0.341. The highest BCUT2D eigenvalue weighted by molar-refractivity contribution is 9.10. The molecule has 0 radical (unpaired) electrons. The number of halogens is 1. The molecule has 0 fully saturated rings. The summed E-state index contributed by atoms with van der Waals surface area (Å²) in [6, 6.07) is 8.88. The van der Waals surface area contributed by atoms with Gasteiger partial charge in [-0.3, -0.25) is 0 Å². The van der Waals surface area contributed by atoms with Crippen LogP contribution in [0.5, 0.6) is 0 Å². The molecule has 78 valence electrons. The average molecular weight is 283 g/mol. The zero-order valence-electron chi connectivity index (χ0n) is 8.40. The summed E-state index contributed by atoms with van der Waals surface area (Å²) in [6.07, 6.45) is 0.596. The second-order valence-corrected chi connectivity index (χ2v) is 5.53. The predicted molar refractivity (Wildman–Crippen MR) is 67.3 cm³/mol. The van der Waals surface area contributed by atoms with Gasteiger partial charge >= 0.3 is 0 Å². The molecule has 1 aromatic rings. The molecule has 0 aliphatic carbocycles. The normalized spacial score (nSPS) is 19.5. The van der Waals surface area contributed by atoms with Crippen molar-refractivity contribution >= 4 is 33.4 Å². The van der Waals surface area contributed by atoms with Gasteiger partial charge in [0.1, 0.15) is 0 Å². The highest BCUT2D eigenvalue weighted by atomic mass is 79.9. The number of thioether (sulfide) groups is 1. The van der Waals surface area contributed by atoms with Gasteiger partial charge < -0.3 is 4.90 Å². The fraction of sp³-hybridized carbons (Fsp3) is 0.364. The Kier molecular flexibility index (Phi) is 3.22. The van der Waals surface area contributed by atoms with Crippen molar-refractivity contribution in [1.29, 1.82) is 5.26 Å². The molecule has 0 saturated carbocycles. The molecule has 1 heterocycles. The van der Waals surface area contributed by atoms with Crippen LogP contribution in [0, 0.1) is 11.3 Å².